The maximum Gasteiger partial charge on any atom is 0.387 e. The second kappa shape index (κ2) is 11.2. The molecule has 148 valence electrons. The van der Waals surface area contributed by atoms with Crippen LogP contribution in [0.2, 0.25) is 0 Å². The van der Waals surface area contributed by atoms with Crippen molar-refractivity contribution in [3.05, 3.63) is 17.7 Å². The fourth-order valence-corrected chi connectivity index (χ4v) is 2.53. The van der Waals surface area contributed by atoms with E-state index in [2.05, 4.69) is 34.2 Å². The molecule has 0 radical (unpaired) electrons. The Labute approximate surface area is 169 Å². The summed E-state index contributed by atoms with van der Waals surface area (Å²) in [4.78, 5) is 4.16. The van der Waals surface area contributed by atoms with Gasteiger partial charge in [0.05, 0.1) is 0 Å². The lowest BCUT2D eigenvalue weighted by atomic mass is 10.0. The summed E-state index contributed by atoms with van der Waals surface area (Å²) in [6.07, 6.45) is 2.16. The molecule has 1 aromatic carbocycles. The van der Waals surface area contributed by atoms with Crippen molar-refractivity contribution in [2.75, 3.05) is 20.4 Å². The summed E-state index contributed by atoms with van der Waals surface area (Å²) in [5.74, 6) is 2.13. The second-order valence-corrected chi connectivity index (χ2v) is 5.68. The summed E-state index contributed by atoms with van der Waals surface area (Å²) in [5.41, 5.74) is 0.537. The van der Waals surface area contributed by atoms with Crippen molar-refractivity contribution in [2.24, 2.45) is 10.9 Å². The largest absolute Gasteiger partial charge is 0.454 e. The predicted octanol–water partition coefficient (Wildman–Crippen LogP) is 3.74. The highest BCUT2D eigenvalue weighted by atomic mass is 127. The molecule has 1 aromatic rings. The average Bonchev–Trinajstić information content (AvgIpc) is 3.04. The first-order valence-electron chi connectivity index (χ1n) is 8.39. The molecule has 2 N–H and O–H groups in total. The molecule has 2 rings (SSSR count). The SMILES string of the molecule is CCC(CC)CNC(=NC)NCc1cc2c(cc1OC(F)F)OCO2.I. The molecule has 26 heavy (non-hydrogen) atoms. The van der Waals surface area contributed by atoms with Crippen LogP contribution in [0.4, 0.5) is 8.78 Å². The molecule has 0 fully saturated rings. The van der Waals surface area contributed by atoms with Crippen LogP contribution in [-0.2, 0) is 6.54 Å². The number of alkyl halides is 2. The number of halogens is 3. The standard InChI is InChI=1S/C17H25F2N3O3.HI/c1-4-11(5-2)8-21-17(20-3)22-9-12-6-14-15(24-10-23-14)7-13(12)25-16(18)19;/h6-7,11,16H,4-5,8-10H2,1-3H3,(H2,20,21,22);1H. The molecule has 1 aliphatic rings. The minimum Gasteiger partial charge on any atom is -0.454 e. The number of rotatable bonds is 8. The maximum atomic E-state index is 12.7. The number of nitrogens with zero attached hydrogens (tertiary/aromatic N) is 1. The maximum absolute atomic E-state index is 12.7. The van der Waals surface area contributed by atoms with Crippen molar-refractivity contribution in [2.45, 2.75) is 39.8 Å². The van der Waals surface area contributed by atoms with Crippen LogP contribution in [-0.4, -0.2) is 33.0 Å². The van der Waals surface area contributed by atoms with Crippen LogP contribution in [0.25, 0.3) is 0 Å². The average molecular weight is 485 g/mol. The second-order valence-electron chi connectivity index (χ2n) is 5.68. The molecule has 0 saturated carbocycles. The molecule has 0 atom stereocenters. The van der Waals surface area contributed by atoms with Gasteiger partial charge in [0.15, 0.2) is 17.5 Å². The molecular formula is C17H26F2IN3O3. The zero-order chi connectivity index (χ0) is 18.2. The minimum absolute atomic E-state index is 0. The highest BCUT2D eigenvalue weighted by Gasteiger charge is 2.20. The number of benzene rings is 1. The zero-order valence-electron chi connectivity index (χ0n) is 15.2. The van der Waals surface area contributed by atoms with E-state index in [0.29, 0.717) is 28.9 Å². The van der Waals surface area contributed by atoms with E-state index in [-0.39, 0.29) is 43.1 Å². The van der Waals surface area contributed by atoms with Crippen LogP contribution in [0, 0.1) is 5.92 Å². The third kappa shape index (κ3) is 6.33. The van der Waals surface area contributed by atoms with Crippen molar-refractivity contribution in [3.63, 3.8) is 0 Å². The summed E-state index contributed by atoms with van der Waals surface area (Å²) >= 11 is 0. The van der Waals surface area contributed by atoms with Gasteiger partial charge >= 0.3 is 6.61 Å². The molecule has 0 bridgehead atoms. The molecule has 1 aliphatic heterocycles. The smallest absolute Gasteiger partial charge is 0.387 e. The number of ether oxygens (including phenoxy) is 3. The summed E-state index contributed by atoms with van der Waals surface area (Å²) in [7, 11) is 1.67. The minimum atomic E-state index is -2.91. The van der Waals surface area contributed by atoms with Crippen LogP contribution in [0.5, 0.6) is 17.2 Å². The monoisotopic (exact) mass is 485 g/mol. The first-order valence-corrected chi connectivity index (χ1v) is 8.39. The molecule has 0 saturated heterocycles. The summed E-state index contributed by atoms with van der Waals surface area (Å²) < 4.78 is 40.4. The van der Waals surface area contributed by atoms with Crippen LogP contribution in [0.1, 0.15) is 32.3 Å². The van der Waals surface area contributed by atoms with Crippen molar-refractivity contribution in [1.29, 1.82) is 0 Å². The summed E-state index contributed by atoms with van der Waals surface area (Å²) in [5, 5.41) is 6.36. The molecular weight excluding hydrogens is 459 g/mol. The van der Waals surface area contributed by atoms with Crippen LogP contribution in [0.15, 0.2) is 17.1 Å². The first-order chi connectivity index (χ1) is 12.1. The van der Waals surface area contributed by atoms with E-state index in [4.69, 9.17) is 9.47 Å². The lowest BCUT2D eigenvalue weighted by Gasteiger charge is -2.18. The van der Waals surface area contributed by atoms with Crippen molar-refractivity contribution in [3.8, 4) is 17.2 Å². The Hall–Kier alpha value is -1.52. The van der Waals surface area contributed by atoms with Gasteiger partial charge in [-0.05, 0) is 12.0 Å². The van der Waals surface area contributed by atoms with Crippen molar-refractivity contribution >= 4 is 29.9 Å². The number of aliphatic imine (C=N–C) groups is 1. The summed E-state index contributed by atoms with van der Waals surface area (Å²) in [6, 6.07) is 3.06. The Bertz CT molecular complexity index is 599. The molecule has 0 unspecified atom stereocenters. The fraction of sp³-hybridized carbons (Fsp3) is 0.588. The van der Waals surface area contributed by atoms with E-state index in [9.17, 15) is 8.78 Å². The van der Waals surface area contributed by atoms with Gasteiger partial charge in [0, 0.05) is 31.8 Å². The van der Waals surface area contributed by atoms with Gasteiger partial charge in [-0.15, -0.1) is 24.0 Å². The quantitative estimate of drug-likeness (QED) is 0.334. The van der Waals surface area contributed by atoms with E-state index < -0.39 is 6.61 Å². The number of guanidine groups is 1. The Morgan fingerprint density at radius 2 is 1.85 bits per heavy atom. The van der Waals surface area contributed by atoms with Gasteiger partial charge in [-0.25, -0.2) is 0 Å². The van der Waals surface area contributed by atoms with E-state index in [1.54, 1.807) is 13.1 Å². The van der Waals surface area contributed by atoms with Gasteiger partial charge in [0.25, 0.3) is 0 Å². The van der Waals surface area contributed by atoms with Gasteiger partial charge in [0.1, 0.15) is 5.75 Å². The Balaban J connectivity index is 0.00000338. The third-order valence-electron chi connectivity index (χ3n) is 4.15. The van der Waals surface area contributed by atoms with Gasteiger partial charge in [-0.1, -0.05) is 26.7 Å². The molecule has 6 nitrogen and oxygen atoms in total. The van der Waals surface area contributed by atoms with Gasteiger partial charge in [-0.3, -0.25) is 4.99 Å². The number of fused-ring (bicyclic) bond motifs is 1. The predicted molar refractivity (Wildman–Crippen MR) is 107 cm³/mol. The third-order valence-corrected chi connectivity index (χ3v) is 4.15. The van der Waals surface area contributed by atoms with E-state index in [1.165, 1.54) is 6.07 Å². The lowest BCUT2D eigenvalue weighted by Crippen LogP contribution is -2.39. The molecule has 0 amide bonds. The topological polar surface area (TPSA) is 64.1 Å². The van der Waals surface area contributed by atoms with E-state index in [0.717, 1.165) is 19.4 Å². The molecule has 0 spiro atoms. The van der Waals surface area contributed by atoms with Crippen LogP contribution in [0.3, 0.4) is 0 Å². The Kier molecular flexibility index (Phi) is 9.74. The normalized spacial score (nSPS) is 13.0. The first kappa shape index (κ1) is 22.5. The fourth-order valence-electron chi connectivity index (χ4n) is 2.53. The number of nitrogens with one attached hydrogen (secondary N) is 2. The highest BCUT2D eigenvalue weighted by Crippen LogP contribution is 2.38. The Morgan fingerprint density at radius 1 is 1.19 bits per heavy atom. The number of hydrogen-bond donors (Lipinski definition) is 2. The molecule has 0 aromatic heterocycles. The van der Waals surface area contributed by atoms with Gasteiger partial charge < -0.3 is 24.8 Å². The van der Waals surface area contributed by atoms with Gasteiger partial charge in [0.2, 0.25) is 6.79 Å². The van der Waals surface area contributed by atoms with E-state index in [1.807, 2.05) is 0 Å². The summed E-state index contributed by atoms with van der Waals surface area (Å²) in [6.45, 7) is 2.51. The lowest BCUT2D eigenvalue weighted by molar-refractivity contribution is -0.0505. The molecule has 0 aliphatic carbocycles. The van der Waals surface area contributed by atoms with Crippen LogP contribution < -0.4 is 24.8 Å². The molecule has 1 heterocycles. The highest BCUT2D eigenvalue weighted by molar-refractivity contribution is 14.0. The van der Waals surface area contributed by atoms with Crippen molar-refractivity contribution < 1.29 is 23.0 Å². The zero-order valence-corrected chi connectivity index (χ0v) is 17.5. The van der Waals surface area contributed by atoms with Gasteiger partial charge in [-0.2, -0.15) is 8.78 Å². The van der Waals surface area contributed by atoms with Crippen molar-refractivity contribution in [1.82, 2.24) is 10.6 Å². The number of hydrogen-bond acceptors (Lipinski definition) is 4. The molecule has 9 heteroatoms. The Morgan fingerprint density at radius 3 is 2.42 bits per heavy atom. The van der Waals surface area contributed by atoms with E-state index >= 15 is 0 Å². The van der Waals surface area contributed by atoms with Crippen LogP contribution >= 0.6 is 24.0 Å².